The van der Waals surface area contributed by atoms with Crippen LogP contribution in [0.1, 0.15) is 142 Å². The normalized spacial score (nSPS) is 44.2. The summed E-state index contributed by atoms with van der Waals surface area (Å²) in [5.41, 5.74) is 6.34. The van der Waals surface area contributed by atoms with Gasteiger partial charge in [0.15, 0.2) is 0 Å². The molecular weight excluding hydrogens is 1050 g/mol. The van der Waals surface area contributed by atoms with Gasteiger partial charge in [-0.2, -0.15) is 49.3 Å². The maximum Gasteiger partial charge on any atom is 0.267 e. The zero-order chi connectivity index (χ0) is 53.8. The average molecular weight is 1140 g/mol. The molecule has 1 saturated heterocycles. The van der Waals surface area contributed by atoms with Crippen LogP contribution in [-0.4, -0.2) is 156 Å². The van der Waals surface area contributed by atoms with E-state index in [1.165, 1.54) is 0 Å². The Kier molecular flexibility index (Phi) is 23.4. The van der Waals surface area contributed by atoms with Crippen molar-refractivity contribution < 1.29 is 56.8 Å². The van der Waals surface area contributed by atoms with Gasteiger partial charge in [-0.05, 0) is 139 Å². The summed E-state index contributed by atoms with van der Waals surface area (Å²) in [5.74, 6) is 0.603. The van der Waals surface area contributed by atoms with Crippen molar-refractivity contribution in [2.24, 2.45) is 70.3 Å². The first kappa shape index (κ1) is 60.5. The van der Waals surface area contributed by atoms with Crippen LogP contribution in [-0.2, 0) is 38.3 Å². The Labute approximate surface area is 455 Å². The van der Waals surface area contributed by atoms with Crippen molar-refractivity contribution in [3.8, 4) is 0 Å². The van der Waals surface area contributed by atoms with E-state index < -0.39 is 33.8 Å². The molecule has 8 aliphatic rings. The zero-order valence-electron chi connectivity index (χ0n) is 44.4. The van der Waals surface area contributed by atoms with Gasteiger partial charge in [0.2, 0.25) is 0 Å². The van der Waals surface area contributed by atoms with Gasteiger partial charge >= 0.3 is 0 Å². The molecule has 0 aromatic rings. The summed E-state index contributed by atoms with van der Waals surface area (Å²) >= 11 is 2.09. The third-order valence-electron chi connectivity index (χ3n) is 17.8. The molecule has 1 heterocycles. The minimum atomic E-state index is -4.04. The van der Waals surface area contributed by atoms with E-state index in [1.807, 2.05) is 0 Å². The van der Waals surface area contributed by atoms with Gasteiger partial charge in [-0.25, -0.2) is 10.5 Å². The Hall–Kier alpha value is -1.59. The predicted molar refractivity (Wildman–Crippen MR) is 281 cm³/mol. The molecule has 0 aromatic heterocycles. The van der Waals surface area contributed by atoms with Crippen molar-refractivity contribution in [3.63, 3.8) is 0 Å². The Morgan fingerprint density at radius 2 is 1.17 bits per heavy atom. The molecule has 7 aliphatic carbocycles. The molecule has 21 unspecified atom stereocenters. The Balaban J connectivity index is 0.776. The SMILES string of the molecule is COC1CC(N=NC2CCCC(SOOO)C2)CCC1N=NC1CCC(N=NC2CC(OC)C(N=NC3C(SOOO)CC4CC(NC5NC(N)NC(NC6CCC(S(=O)(=O)O)CC6)N5)CCC4C3O)CC2C)CC1C. The van der Waals surface area contributed by atoms with Crippen LogP contribution in [0.15, 0.2) is 40.9 Å². The highest BCUT2D eigenvalue weighted by Crippen LogP contribution is 2.46. The molecule has 1 aliphatic heterocycles. The fourth-order valence-corrected chi connectivity index (χ4v) is 15.8. The molecule has 8 rings (SSSR count). The molecule has 434 valence electrons. The van der Waals surface area contributed by atoms with E-state index in [9.17, 15) is 18.1 Å². The van der Waals surface area contributed by atoms with Crippen LogP contribution in [0.3, 0.4) is 0 Å². The highest BCUT2D eigenvalue weighted by Gasteiger charge is 2.49. The summed E-state index contributed by atoms with van der Waals surface area (Å²) < 4.78 is 54.4. The summed E-state index contributed by atoms with van der Waals surface area (Å²) in [6, 6.07) is -0.222. The summed E-state index contributed by atoms with van der Waals surface area (Å²) in [5, 5.41) is 92.6. The molecule has 11 N–H and O–H groups in total. The quantitative estimate of drug-likeness (QED) is 0.0202. The van der Waals surface area contributed by atoms with Crippen LogP contribution in [0.2, 0.25) is 0 Å². The van der Waals surface area contributed by atoms with Crippen molar-refractivity contribution in [1.82, 2.24) is 26.6 Å². The molecule has 26 nitrogen and oxygen atoms in total. The minimum absolute atomic E-state index is 0.00708. The highest BCUT2D eigenvalue weighted by atomic mass is 32.2. The number of methoxy groups -OCH3 is 2. The Bertz CT molecular complexity index is 2010. The first-order valence-electron chi connectivity index (χ1n) is 27.8. The van der Waals surface area contributed by atoms with Crippen LogP contribution >= 0.6 is 24.1 Å². The molecule has 0 aromatic carbocycles. The molecule has 7 saturated carbocycles. The first-order chi connectivity index (χ1) is 36.7. The lowest BCUT2D eigenvalue weighted by Gasteiger charge is -2.48. The van der Waals surface area contributed by atoms with Gasteiger partial charge in [0.1, 0.15) is 24.9 Å². The topological polar surface area (TPSA) is 355 Å². The van der Waals surface area contributed by atoms with Crippen molar-refractivity contribution in [2.75, 3.05) is 14.2 Å². The van der Waals surface area contributed by atoms with Gasteiger partial charge < -0.3 is 20.3 Å². The third kappa shape index (κ3) is 17.0. The highest BCUT2D eigenvalue weighted by molar-refractivity contribution is 7.95. The third-order valence-corrected chi connectivity index (χ3v) is 20.8. The second kappa shape index (κ2) is 29.4. The lowest BCUT2D eigenvalue weighted by molar-refractivity contribution is -0.432. The number of nitrogens with two attached hydrogens (primary N) is 1. The zero-order valence-corrected chi connectivity index (χ0v) is 46.8. The van der Waals surface area contributed by atoms with Crippen molar-refractivity contribution in [1.29, 1.82) is 0 Å². The largest absolute Gasteiger partial charge is 0.390 e. The number of hydrogen-bond acceptors (Lipinski definition) is 27. The lowest BCUT2D eigenvalue weighted by atomic mass is 9.66. The van der Waals surface area contributed by atoms with Crippen LogP contribution in [0.4, 0.5) is 0 Å². The molecular formula is C47H86N14O12S3. The fourth-order valence-electron chi connectivity index (χ4n) is 13.4. The summed E-state index contributed by atoms with van der Waals surface area (Å²) in [6.45, 7) is 4.41. The van der Waals surface area contributed by atoms with E-state index in [0.717, 1.165) is 108 Å². The van der Waals surface area contributed by atoms with Crippen molar-refractivity contribution >= 4 is 34.2 Å². The second-order valence-electron chi connectivity index (χ2n) is 22.9. The van der Waals surface area contributed by atoms with Gasteiger partial charge in [0.25, 0.3) is 10.1 Å². The summed E-state index contributed by atoms with van der Waals surface area (Å²) in [4.78, 5) is 0. The van der Waals surface area contributed by atoms with E-state index in [-0.39, 0.29) is 107 Å². The van der Waals surface area contributed by atoms with Crippen LogP contribution in [0, 0.1) is 23.7 Å². The molecule has 29 heteroatoms. The van der Waals surface area contributed by atoms with Crippen molar-refractivity contribution in [2.45, 2.75) is 256 Å². The monoisotopic (exact) mass is 1130 g/mol. The van der Waals surface area contributed by atoms with Gasteiger partial charge in [-0.15, -0.1) is 8.67 Å². The molecule has 76 heavy (non-hydrogen) atoms. The molecule has 0 bridgehead atoms. The molecule has 8 fully saturated rings. The van der Waals surface area contributed by atoms with Gasteiger partial charge in [0, 0.05) is 62.1 Å². The van der Waals surface area contributed by atoms with E-state index in [2.05, 4.69) is 54.8 Å². The molecule has 21 atom stereocenters. The van der Waals surface area contributed by atoms with Crippen LogP contribution < -0.4 is 32.3 Å². The van der Waals surface area contributed by atoms with E-state index in [4.69, 9.17) is 71.0 Å². The lowest BCUT2D eigenvalue weighted by Crippen LogP contribution is -2.78. The Morgan fingerprint density at radius 1 is 0.579 bits per heavy atom. The second-order valence-corrected chi connectivity index (χ2v) is 26.5. The number of nitrogens with one attached hydrogen (secondary N) is 5. The summed E-state index contributed by atoms with van der Waals surface area (Å²) in [7, 11) is -0.609. The number of nitrogens with zero attached hydrogens (tertiary/aromatic N) is 8. The van der Waals surface area contributed by atoms with Gasteiger partial charge in [-0.1, -0.05) is 30.3 Å². The minimum Gasteiger partial charge on any atom is -0.390 e. The molecule has 0 amide bonds. The predicted octanol–water partition coefficient (Wildman–Crippen LogP) is 6.18. The number of azo groups is 4. The standard InChI is InChI=1S/C47H86N14O12S3/c1-25-18-31(11-16-36(25)57-58-37-17-12-32(23-40(37)68-3)55-54-30-6-5-7-33(22-30)74-72-70-63)56-59-38-24-41(69-4)39(19-26(38)2)60-61-43-42(75-73-71-64)21-27-20-29(10-15-35(27)44(43)62)50-47-52-45(48)51-46(53-47)49-28-8-13-34(14-9-28)76(65,66)67/h25-47,49-53,62-64H,5-24,48H2,1-4H3,(H,65,66,67). The van der Waals surface area contributed by atoms with Crippen molar-refractivity contribution in [3.05, 3.63) is 0 Å². The van der Waals surface area contributed by atoms with Crippen LogP contribution in [0.25, 0.3) is 0 Å². The number of hydrogen-bond donors (Lipinski definition) is 10. The van der Waals surface area contributed by atoms with E-state index >= 15 is 0 Å². The smallest absolute Gasteiger partial charge is 0.267 e. The number of ether oxygens (including phenoxy) is 2. The number of rotatable bonds is 21. The maximum atomic E-state index is 12.0. The number of aliphatic hydroxyl groups is 1. The fraction of sp³-hybridized carbons (Fsp3) is 1.00. The number of aliphatic hydroxyl groups excluding tert-OH is 1. The van der Waals surface area contributed by atoms with Crippen LogP contribution in [0.5, 0.6) is 0 Å². The maximum absolute atomic E-state index is 12.0. The molecule has 0 spiro atoms. The van der Waals surface area contributed by atoms with E-state index in [1.54, 1.807) is 14.2 Å². The number of fused-ring (bicyclic) bond motifs is 1. The molecule has 0 radical (unpaired) electrons. The van der Waals surface area contributed by atoms with E-state index in [0.29, 0.717) is 50.9 Å². The average Bonchev–Trinajstić information content (AvgIpc) is 3.41. The van der Waals surface area contributed by atoms with Gasteiger partial charge in [0.05, 0.1) is 71.1 Å². The Morgan fingerprint density at radius 3 is 1.87 bits per heavy atom. The first-order valence-corrected chi connectivity index (χ1v) is 30.9. The van der Waals surface area contributed by atoms with Gasteiger partial charge in [-0.3, -0.25) is 31.1 Å². The summed E-state index contributed by atoms with van der Waals surface area (Å²) in [6.07, 6.45) is 13.2.